The Labute approximate surface area is 80.6 Å². The van der Waals surface area contributed by atoms with Gasteiger partial charge in [0.05, 0.1) is 0 Å². The second-order valence-corrected chi connectivity index (χ2v) is 3.43. The third-order valence-corrected chi connectivity index (χ3v) is 2.05. The van der Waals surface area contributed by atoms with Crippen molar-refractivity contribution in [3.63, 3.8) is 0 Å². The molecule has 4 N–H and O–H groups in total. The maximum absolute atomic E-state index is 11.3. The van der Waals surface area contributed by atoms with Gasteiger partial charge in [-0.15, -0.1) is 0 Å². The van der Waals surface area contributed by atoms with Crippen LogP contribution in [0.1, 0.15) is 18.1 Å². The Morgan fingerprint density at radius 1 is 1.64 bits per heavy atom. The summed E-state index contributed by atoms with van der Waals surface area (Å²) in [7, 11) is 0. The van der Waals surface area contributed by atoms with E-state index in [1.54, 1.807) is 6.92 Å². The molecule has 0 amide bonds. The summed E-state index contributed by atoms with van der Waals surface area (Å²) in [6, 6.07) is 1.48. The van der Waals surface area contributed by atoms with Gasteiger partial charge in [-0.25, -0.2) is 4.79 Å². The molecule has 76 valence electrons. The van der Waals surface area contributed by atoms with Gasteiger partial charge >= 0.3 is 5.97 Å². The lowest BCUT2D eigenvalue weighted by molar-refractivity contribution is -0.143. The van der Waals surface area contributed by atoms with Gasteiger partial charge in [-0.05, 0) is 25.5 Å². The van der Waals surface area contributed by atoms with Gasteiger partial charge in [-0.3, -0.25) is 4.79 Å². The van der Waals surface area contributed by atoms with Crippen LogP contribution < -0.4 is 11.3 Å². The molecule has 1 aromatic heterocycles. The van der Waals surface area contributed by atoms with Crippen molar-refractivity contribution in [3.05, 3.63) is 33.7 Å². The van der Waals surface area contributed by atoms with Crippen molar-refractivity contribution in [1.82, 2.24) is 4.98 Å². The highest BCUT2D eigenvalue weighted by molar-refractivity contribution is 5.79. The SMILES string of the molecule is Cc1c[nH]c(=O)c(C(C)(N)C(=O)O)c1. The lowest BCUT2D eigenvalue weighted by Crippen LogP contribution is -2.45. The van der Waals surface area contributed by atoms with Crippen LogP contribution in [0.5, 0.6) is 0 Å². The van der Waals surface area contributed by atoms with E-state index in [0.717, 1.165) is 5.56 Å². The van der Waals surface area contributed by atoms with Crippen LogP contribution in [0.2, 0.25) is 0 Å². The van der Waals surface area contributed by atoms with E-state index in [4.69, 9.17) is 10.8 Å². The summed E-state index contributed by atoms with van der Waals surface area (Å²) in [6.07, 6.45) is 1.50. The van der Waals surface area contributed by atoms with Crippen molar-refractivity contribution >= 4 is 5.97 Å². The third-order valence-electron chi connectivity index (χ3n) is 2.05. The van der Waals surface area contributed by atoms with E-state index in [1.165, 1.54) is 19.2 Å². The van der Waals surface area contributed by atoms with Gasteiger partial charge in [0.2, 0.25) is 0 Å². The summed E-state index contributed by atoms with van der Waals surface area (Å²) in [5.74, 6) is -1.23. The third kappa shape index (κ3) is 1.67. The number of aromatic amines is 1. The molecule has 0 radical (unpaired) electrons. The molecular formula is C9H12N2O3. The molecule has 1 heterocycles. The number of pyridine rings is 1. The Morgan fingerprint density at radius 3 is 2.71 bits per heavy atom. The molecule has 0 aliphatic carbocycles. The average Bonchev–Trinajstić information content (AvgIpc) is 2.08. The Hall–Kier alpha value is -1.62. The Morgan fingerprint density at radius 2 is 2.21 bits per heavy atom. The fourth-order valence-corrected chi connectivity index (χ4v) is 1.09. The zero-order chi connectivity index (χ0) is 10.9. The van der Waals surface area contributed by atoms with E-state index in [0.29, 0.717) is 0 Å². The second-order valence-electron chi connectivity index (χ2n) is 3.43. The Balaban J connectivity index is 3.39. The number of H-pyrrole nitrogens is 1. The number of rotatable bonds is 2. The van der Waals surface area contributed by atoms with Gasteiger partial charge in [0, 0.05) is 11.8 Å². The topological polar surface area (TPSA) is 96.2 Å². The predicted molar refractivity (Wildman–Crippen MR) is 51.0 cm³/mol. The largest absolute Gasteiger partial charge is 0.480 e. The van der Waals surface area contributed by atoms with E-state index >= 15 is 0 Å². The summed E-state index contributed by atoms with van der Waals surface area (Å²) in [4.78, 5) is 24.6. The van der Waals surface area contributed by atoms with Crippen molar-refractivity contribution in [2.45, 2.75) is 19.4 Å². The molecule has 0 spiro atoms. The first-order valence-corrected chi connectivity index (χ1v) is 4.08. The number of aryl methyl sites for hydroxylation is 1. The van der Waals surface area contributed by atoms with Crippen LogP contribution in [0.4, 0.5) is 0 Å². The summed E-state index contributed by atoms with van der Waals surface area (Å²) in [6.45, 7) is 3.04. The van der Waals surface area contributed by atoms with Gasteiger partial charge in [0.1, 0.15) is 5.54 Å². The predicted octanol–water partition coefficient (Wildman–Crippen LogP) is -0.0582. The molecule has 0 saturated heterocycles. The quantitative estimate of drug-likeness (QED) is 0.617. The molecule has 0 fully saturated rings. The van der Waals surface area contributed by atoms with Crippen molar-refractivity contribution in [2.75, 3.05) is 0 Å². The summed E-state index contributed by atoms with van der Waals surface area (Å²) < 4.78 is 0. The number of aliphatic carboxylic acids is 1. The minimum atomic E-state index is -1.65. The van der Waals surface area contributed by atoms with Crippen LogP contribution in [0, 0.1) is 6.92 Å². The van der Waals surface area contributed by atoms with Crippen molar-refractivity contribution in [2.24, 2.45) is 5.73 Å². The number of hydrogen-bond donors (Lipinski definition) is 3. The first-order valence-electron chi connectivity index (χ1n) is 4.08. The zero-order valence-corrected chi connectivity index (χ0v) is 8.00. The molecule has 1 atom stereocenters. The van der Waals surface area contributed by atoms with Crippen molar-refractivity contribution in [3.8, 4) is 0 Å². The maximum atomic E-state index is 11.3. The molecule has 14 heavy (non-hydrogen) atoms. The molecule has 0 bridgehead atoms. The highest BCUT2D eigenvalue weighted by Gasteiger charge is 2.32. The number of hydrogen-bond acceptors (Lipinski definition) is 3. The molecule has 0 aliphatic heterocycles. The number of nitrogens with one attached hydrogen (secondary N) is 1. The van der Waals surface area contributed by atoms with Crippen LogP contribution in [-0.2, 0) is 10.3 Å². The van der Waals surface area contributed by atoms with E-state index in [-0.39, 0.29) is 5.56 Å². The van der Waals surface area contributed by atoms with Crippen LogP contribution >= 0.6 is 0 Å². The van der Waals surface area contributed by atoms with Gasteiger partial charge in [-0.1, -0.05) is 0 Å². The van der Waals surface area contributed by atoms with E-state index in [1.807, 2.05) is 0 Å². The lowest BCUT2D eigenvalue weighted by Gasteiger charge is -2.18. The normalized spacial score (nSPS) is 14.8. The smallest absolute Gasteiger partial charge is 0.328 e. The lowest BCUT2D eigenvalue weighted by atomic mass is 9.94. The molecule has 5 nitrogen and oxygen atoms in total. The number of nitrogens with two attached hydrogens (primary N) is 1. The van der Waals surface area contributed by atoms with Crippen LogP contribution in [0.15, 0.2) is 17.1 Å². The van der Waals surface area contributed by atoms with Crippen molar-refractivity contribution in [1.29, 1.82) is 0 Å². The van der Waals surface area contributed by atoms with Gasteiger partial charge in [-0.2, -0.15) is 0 Å². The molecule has 1 unspecified atom stereocenters. The minimum Gasteiger partial charge on any atom is -0.480 e. The van der Waals surface area contributed by atoms with Crippen LogP contribution in [0.3, 0.4) is 0 Å². The van der Waals surface area contributed by atoms with E-state index in [9.17, 15) is 9.59 Å². The first-order chi connectivity index (χ1) is 6.35. The van der Waals surface area contributed by atoms with Gasteiger partial charge in [0.15, 0.2) is 0 Å². The number of carboxylic acid groups (broad SMARTS) is 1. The highest BCUT2D eigenvalue weighted by Crippen LogP contribution is 2.14. The Kier molecular flexibility index (Phi) is 2.44. The standard InChI is InChI=1S/C9H12N2O3/c1-5-3-6(7(12)11-4-5)9(2,10)8(13)14/h3-4H,10H2,1-2H3,(H,11,12)(H,13,14). The summed E-state index contributed by atoms with van der Waals surface area (Å²) in [5.41, 5.74) is 4.23. The molecule has 0 aliphatic rings. The molecule has 1 aromatic rings. The summed E-state index contributed by atoms with van der Waals surface area (Å²) in [5, 5.41) is 8.83. The van der Waals surface area contributed by atoms with Crippen LogP contribution in [-0.4, -0.2) is 16.1 Å². The second kappa shape index (κ2) is 3.26. The number of aromatic nitrogens is 1. The molecule has 0 saturated carbocycles. The molecule has 5 heteroatoms. The van der Waals surface area contributed by atoms with Crippen LogP contribution in [0.25, 0.3) is 0 Å². The maximum Gasteiger partial charge on any atom is 0.328 e. The first kappa shape index (κ1) is 10.5. The molecule has 1 rings (SSSR count). The number of carboxylic acids is 1. The van der Waals surface area contributed by atoms with Gasteiger partial charge < -0.3 is 15.8 Å². The Bertz CT molecular complexity index is 420. The highest BCUT2D eigenvalue weighted by atomic mass is 16.4. The van der Waals surface area contributed by atoms with E-state index in [2.05, 4.69) is 4.98 Å². The fourth-order valence-electron chi connectivity index (χ4n) is 1.09. The van der Waals surface area contributed by atoms with Crippen molar-refractivity contribution < 1.29 is 9.90 Å². The molecular weight excluding hydrogens is 184 g/mol. The van der Waals surface area contributed by atoms with Gasteiger partial charge in [0.25, 0.3) is 5.56 Å². The zero-order valence-electron chi connectivity index (χ0n) is 8.00. The minimum absolute atomic E-state index is 0.0602. The fraction of sp³-hybridized carbons (Fsp3) is 0.333. The summed E-state index contributed by atoms with van der Waals surface area (Å²) >= 11 is 0. The monoisotopic (exact) mass is 196 g/mol. The number of carbonyl (C=O) groups is 1. The van der Waals surface area contributed by atoms with E-state index < -0.39 is 17.1 Å². The molecule has 0 aromatic carbocycles. The average molecular weight is 196 g/mol.